The predicted octanol–water partition coefficient (Wildman–Crippen LogP) is 1.31. The predicted molar refractivity (Wildman–Crippen MR) is 63.4 cm³/mol. The first kappa shape index (κ1) is 11.8. The molecule has 0 amide bonds. The van der Waals surface area contributed by atoms with Crippen LogP contribution in [0.4, 0.5) is 0 Å². The van der Waals surface area contributed by atoms with E-state index in [0.717, 1.165) is 0 Å². The van der Waals surface area contributed by atoms with Crippen molar-refractivity contribution in [3.05, 3.63) is 22.3 Å². The minimum absolute atomic E-state index is 0.00717. The summed E-state index contributed by atoms with van der Waals surface area (Å²) in [4.78, 5) is 13.5. The Balaban J connectivity index is 2.81. The fraction of sp³-hybridized carbons (Fsp3) is 0.182. The van der Waals surface area contributed by atoms with Crippen molar-refractivity contribution in [3.8, 4) is 11.5 Å². The van der Waals surface area contributed by atoms with E-state index in [0.29, 0.717) is 26.9 Å². The fourth-order valence-corrected chi connectivity index (χ4v) is 2.19. The second-order valence-corrected chi connectivity index (χ2v) is 4.21. The molecule has 2 rings (SSSR count). The summed E-state index contributed by atoms with van der Waals surface area (Å²) in [5.74, 6) is -0.300. The van der Waals surface area contributed by atoms with Gasteiger partial charge in [-0.25, -0.2) is 0 Å². The van der Waals surface area contributed by atoms with Gasteiger partial charge in [0.05, 0.1) is 31.4 Å². The number of aromatic amines is 1. The second-order valence-electron chi connectivity index (χ2n) is 3.35. The van der Waals surface area contributed by atoms with Crippen LogP contribution in [0.25, 0.3) is 10.9 Å². The number of aromatic nitrogens is 1. The number of benzene rings is 1. The van der Waals surface area contributed by atoms with Gasteiger partial charge in [0.2, 0.25) is 0 Å². The molecule has 0 saturated heterocycles. The highest BCUT2D eigenvalue weighted by Crippen LogP contribution is 2.39. The molecule has 0 radical (unpaired) electrons. The first-order chi connectivity index (χ1) is 8.08. The zero-order valence-corrected chi connectivity index (χ0v) is 10.8. The Morgan fingerprint density at radius 1 is 1.35 bits per heavy atom. The average Bonchev–Trinajstić information content (AvgIpc) is 2.74. The van der Waals surface area contributed by atoms with Crippen molar-refractivity contribution in [2.24, 2.45) is 0 Å². The third-order valence-corrected chi connectivity index (χ3v) is 3.08. The summed E-state index contributed by atoms with van der Waals surface area (Å²) in [5.41, 5.74) is 0.546. The largest absolute Gasteiger partial charge is 0.543 e. The normalized spacial score (nSPS) is 10.5. The van der Waals surface area contributed by atoms with Gasteiger partial charge in [-0.3, -0.25) is 0 Å². The Bertz CT molecular complexity index is 591. The standard InChI is InChI=1S/C11H10BrNO4/c1-16-8-4-6(12)5-3-7(11(14)15)13-9(5)10(8)17-2/h3-4,13H,1-2H3,(H,14,15)/p-1. The number of nitrogens with one attached hydrogen (secondary N) is 1. The maximum atomic E-state index is 10.8. The lowest BCUT2D eigenvalue weighted by Crippen LogP contribution is -2.22. The Labute approximate surface area is 105 Å². The highest BCUT2D eigenvalue weighted by Gasteiger charge is 2.15. The summed E-state index contributed by atoms with van der Waals surface area (Å²) in [7, 11) is 3.00. The lowest BCUT2D eigenvalue weighted by Gasteiger charge is -2.09. The molecule has 6 heteroatoms. The molecule has 0 spiro atoms. The first-order valence-electron chi connectivity index (χ1n) is 4.73. The molecular weight excluding hydrogens is 290 g/mol. The zero-order valence-electron chi connectivity index (χ0n) is 9.17. The molecule has 0 unspecified atom stereocenters. The van der Waals surface area contributed by atoms with Crippen molar-refractivity contribution in [3.63, 3.8) is 0 Å². The Morgan fingerprint density at radius 3 is 2.59 bits per heavy atom. The Morgan fingerprint density at radius 2 is 2.06 bits per heavy atom. The van der Waals surface area contributed by atoms with Crippen LogP contribution < -0.4 is 14.6 Å². The van der Waals surface area contributed by atoms with Crippen LogP contribution >= 0.6 is 15.9 Å². The smallest absolute Gasteiger partial charge is 0.185 e. The van der Waals surface area contributed by atoms with E-state index in [2.05, 4.69) is 20.9 Å². The number of carboxylic acid groups (broad SMARTS) is 1. The number of fused-ring (bicyclic) bond motifs is 1. The van der Waals surface area contributed by atoms with E-state index in [9.17, 15) is 9.90 Å². The summed E-state index contributed by atoms with van der Waals surface area (Å²) < 4.78 is 11.1. The lowest BCUT2D eigenvalue weighted by molar-refractivity contribution is -0.255. The van der Waals surface area contributed by atoms with E-state index in [4.69, 9.17) is 9.47 Å². The molecule has 17 heavy (non-hydrogen) atoms. The molecule has 0 aliphatic heterocycles. The molecule has 5 nitrogen and oxygen atoms in total. The first-order valence-corrected chi connectivity index (χ1v) is 5.52. The van der Waals surface area contributed by atoms with Gasteiger partial charge in [-0.1, -0.05) is 0 Å². The number of hydrogen-bond acceptors (Lipinski definition) is 4. The molecule has 0 bridgehead atoms. The molecule has 1 heterocycles. The van der Waals surface area contributed by atoms with E-state index < -0.39 is 5.97 Å². The molecule has 2 aromatic rings. The fourth-order valence-electron chi connectivity index (χ4n) is 1.67. The minimum Gasteiger partial charge on any atom is -0.543 e. The number of methoxy groups -OCH3 is 2. The van der Waals surface area contributed by atoms with Crippen LogP contribution in [0, 0.1) is 0 Å². The van der Waals surface area contributed by atoms with Gasteiger partial charge < -0.3 is 24.4 Å². The van der Waals surface area contributed by atoms with E-state index in [1.54, 1.807) is 6.07 Å². The van der Waals surface area contributed by atoms with Gasteiger partial charge in [0.1, 0.15) is 0 Å². The van der Waals surface area contributed by atoms with E-state index >= 15 is 0 Å². The zero-order chi connectivity index (χ0) is 12.6. The van der Waals surface area contributed by atoms with Crippen LogP contribution in [0.3, 0.4) is 0 Å². The number of carbonyl (C=O) groups is 1. The SMILES string of the molecule is COc1cc(Br)c2cc(C(=O)[O-])[nH]c2c1OC. The minimum atomic E-state index is -1.27. The molecule has 0 atom stereocenters. The van der Waals surface area contributed by atoms with Crippen molar-refractivity contribution in [1.29, 1.82) is 0 Å². The quantitative estimate of drug-likeness (QED) is 0.927. The monoisotopic (exact) mass is 298 g/mol. The van der Waals surface area contributed by atoms with Crippen molar-refractivity contribution in [1.82, 2.24) is 4.98 Å². The molecule has 0 fully saturated rings. The van der Waals surface area contributed by atoms with Crippen LogP contribution in [0.2, 0.25) is 0 Å². The third kappa shape index (κ3) is 1.84. The molecule has 90 valence electrons. The maximum Gasteiger partial charge on any atom is 0.185 e. The molecule has 1 aromatic heterocycles. The molecule has 0 aliphatic rings. The van der Waals surface area contributed by atoms with E-state index in [1.807, 2.05) is 0 Å². The molecule has 0 aliphatic carbocycles. The lowest BCUT2D eigenvalue weighted by atomic mass is 10.2. The van der Waals surface area contributed by atoms with Crippen molar-refractivity contribution >= 4 is 32.8 Å². The van der Waals surface area contributed by atoms with Gasteiger partial charge in [0.25, 0.3) is 0 Å². The highest BCUT2D eigenvalue weighted by atomic mass is 79.9. The van der Waals surface area contributed by atoms with Crippen LogP contribution in [-0.4, -0.2) is 25.2 Å². The van der Waals surface area contributed by atoms with Crippen LogP contribution in [0.15, 0.2) is 16.6 Å². The van der Waals surface area contributed by atoms with Gasteiger partial charge in [-0.05, 0) is 28.1 Å². The van der Waals surface area contributed by atoms with E-state index in [-0.39, 0.29) is 5.69 Å². The Hall–Kier alpha value is -1.69. The Kier molecular flexibility index (Phi) is 2.97. The van der Waals surface area contributed by atoms with Crippen molar-refractivity contribution < 1.29 is 19.4 Å². The average molecular weight is 299 g/mol. The topological polar surface area (TPSA) is 74.4 Å². The number of carboxylic acids is 1. The van der Waals surface area contributed by atoms with Crippen molar-refractivity contribution in [2.45, 2.75) is 0 Å². The maximum absolute atomic E-state index is 10.8. The van der Waals surface area contributed by atoms with Gasteiger partial charge >= 0.3 is 0 Å². The number of ether oxygens (including phenoxy) is 2. The summed E-state index contributed by atoms with van der Waals surface area (Å²) in [5, 5.41) is 11.5. The number of hydrogen-bond donors (Lipinski definition) is 1. The summed E-state index contributed by atoms with van der Waals surface area (Å²) >= 11 is 3.35. The van der Waals surface area contributed by atoms with Gasteiger partial charge in [-0.2, -0.15) is 0 Å². The van der Waals surface area contributed by atoms with Gasteiger partial charge in [-0.15, -0.1) is 0 Å². The summed E-state index contributed by atoms with van der Waals surface area (Å²) in [6, 6.07) is 3.20. The molecule has 0 saturated carbocycles. The van der Waals surface area contributed by atoms with Gasteiger partial charge in [0.15, 0.2) is 11.5 Å². The van der Waals surface area contributed by atoms with E-state index in [1.165, 1.54) is 20.3 Å². The van der Waals surface area contributed by atoms with Crippen LogP contribution in [0.5, 0.6) is 11.5 Å². The molecule has 1 aromatic carbocycles. The second kappa shape index (κ2) is 4.29. The molecule has 1 N–H and O–H groups in total. The number of carbonyl (C=O) groups excluding carboxylic acids is 1. The highest BCUT2D eigenvalue weighted by molar-refractivity contribution is 9.10. The van der Waals surface area contributed by atoms with Crippen LogP contribution in [0.1, 0.15) is 10.5 Å². The van der Waals surface area contributed by atoms with Crippen LogP contribution in [-0.2, 0) is 0 Å². The number of H-pyrrole nitrogens is 1. The number of aromatic carboxylic acids is 1. The molecular formula is C11H9BrNO4-. The summed E-state index contributed by atoms with van der Waals surface area (Å²) in [6.07, 6.45) is 0. The number of halogens is 1. The van der Waals surface area contributed by atoms with Crippen molar-refractivity contribution in [2.75, 3.05) is 14.2 Å². The number of rotatable bonds is 3. The van der Waals surface area contributed by atoms with Gasteiger partial charge in [0, 0.05) is 9.86 Å². The third-order valence-electron chi connectivity index (χ3n) is 2.43. The summed E-state index contributed by atoms with van der Waals surface area (Å²) in [6.45, 7) is 0.